The van der Waals surface area contributed by atoms with Gasteiger partial charge in [-0.05, 0) is 25.0 Å². The van der Waals surface area contributed by atoms with Gasteiger partial charge in [-0.15, -0.1) is 10.2 Å². The number of aryl methyl sites for hydroxylation is 2. The van der Waals surface area contributed by atoms with Crippen LogP contribution in [-0.4, -0.2) is 21.3 Å². The lowest BCUT2D eigenvalue weighted by molar-refractivity contribution is -0.131. The average molecular weight is 244 g/mol. The van der Waals surface area contributed by atoms with E-state index in [0.29, 0.717) is 5.89 Å². The number of benzene rings is 1. The molecule has 0 unspecified atom stereocenters. The third kappa shape index (κ3) is 2.45. The number of nitrogens with zero attached hydrogens (tertiary/aromatic N) is 2. The van der Waals surface area contributed by atoms with Crippen LogP contribution in [0.5, 0.6) is 0 Å². The van der Waals surface area contributed by atoms with Crippen molar-refractivity contribution in [3.8, 4) is 11.5 Å². The number of hydrogen-bond acceptors (Lipinski definition) is 4. The number of carboxylic acids is 1. The molecular weight excluding hydrogens is 232 g/mol. The van der Waals surface area contributed by atoms with Gasteiger partial charge in [0, 0.05) is 17.7 Å². The molecule has 0 aliphatic carbocycles. The Balaban J connectivity index is 2.38. The highest BCUT2D eigenvalue weighted by Crippen LogP contribution is 2.25. The zero-order valence-corrected chi connectivity index (χ0v) is 10.0. The van der Waals surface area contributed by atoms with Gasteiger partial charge in [-0.3, -0.25) is 0 Å². The summed E-state index contributed by atoms with van der Waals surface area (Å²) in [5, 5.41) is 16.2. The second kappa shape index (κ2) is 4.83. The monoisotopic (exact) mass is 244 g/mol. The fraction of sp³-hybridized carbons (Fsp3) is 0.154. The van der Waals surface area contributed by atoms with Crippen LogP contribution in [0.4, 0.5) is 0 Å². The van der Waals surface area contributed by atoms with Crippen LogP contribution in [0.25, 0.3) is 17.5 Å². The molecule has 5 heteroatoms. The molecule has 0 radical (unpaired) electrons. The third-order valence-corrected chi connectivity index (χ3v) is 2.50. The molecule has 1 heterocycles. The molecule has 1 aromatic carbocycles. The van der Waals surface area contributed by atoms with Gasteiger partial charge in [-0.1, -0.05) is 18.2 Å². The van der Waals surface area contributed by atoms with E-state index in [2.05, 4.69) is 10.2 Å². The van der Waals surface area contributed by atoms with Crippen LogP contribution < -0.4 is 0 Å². The molecule has 2 rings (SSSR count). The highest BCUT2D eigenvalue weighted by molar-refractivity contribution is 5.84. The fourth-order valence-corrected chi connectivity index (χ4v) is 1.70. The summed E-state index contributed by atoms with van der Waals surface area (Å²) in [6.07, 6.45) is 2.23. The molecule has 2 aromatic rings. The van der Waals surface area contributed by atoms with Gasteiger partial charge in [0.15, 0.2) is 0 Å². The van der Waals surface area contributed by atoms with Crippen molar-refractivity contribution < 1.29 is 14.3 Å². The van der Waals surface area contributed by atoms with Gasteiger partial charge in [-0.25, -0.2) is 4.79 Å². The summed E-state index contributed by atoms with van der Waals surface area (Å²) in [7, 11) is 0. The molecule has 1 aromatic heterocycles. The van der Waals surface area contributed by atoms with E-state index < -0.39 is 5.97 Å². The first-order chi connectivity index (χ1) is 8.58. The average Bonchev–Trinajstić information content (AvgIpc) is 2.75. The van der Waals surface area contributed by atoms with E-state index >= 15 is 0 Å². The molecular formula is C13H12N2O3. The Kier molecular flexibility index (Phi) is 3.23. The van der Waals surface area contributed by atoms with Crippen molar-refractivity contribution in [2.24, 2.45) is 0 Å². The molecule has 1 N–H and O–H groups in total. The Morgan fingerprint density at radius 2 is 1.94 bits per heavy atom. The molecule has 0 amide bonds. The van der Waals surface area contributed by atoms with Crippen molar-refractivity contribution in [3.63, 3.8) is 0 Å². The normalized spacial score (nSPS) is 11.0. The Morgan fingerprint density at radius 1 is 1.28 bits per heavy atom. The summed E-state index contributed by atoms with van der Waals surface area (Å²) >= 11 is 0. The van der Waals surface area contributed by atoms with Crippen LogP contribution in [-0.2, 0) is 4.79 Å². The number of aromatic nitrogens is 2. The fourth-order valence-electron chi connectivity index (χ4n) is 1.70. The zero-order valence-electron chi connectivity index (χ0n) is 10.0. The molecule has 18 heavy (non-hydrogen) atoms. The van der Waals surface area contributed by atoms with E-state index in [1.807, 2.05) is 32.0 Å². The van der Waals surface area contributed by atoms with E-state index in [1.54, 1.807) is 0 Å². The van der Waals surface area contributed by atoms with Gasteiger partial charge in [-0.2, -0.15) is 0 Å². The second-order valence-corrected chi connectivity index (χ2v) is 3.88. The molecule has 0 saturated carbocycles. The largest absolute Gasteiger partial charge is 0.478 e. The van der Waals surface area contributed by atoms with Gasteiger partial charge in [0.25, 0.3) is 0 Å². The lowest BCUT2D eigenvalue weighted by atomic mass is 10.0. The molecule has 5 nitrogen and oxygen atoms in total. The van der Waals surface area contributed by atoms with Crippen LogP contribution >= 0.6 is 0 Å². The molecule has 0 spiro atoms. The van der Waals surface area contributed by atoms with Gasteiger partial charge in [0.2, 0.25) is 11.8 Å². The van der Waals surface area contributed by atoms with Gasteiger partial charge < -0.3 is 9.52 Å². The topological polar surface area (TPSA) is 76.2 Å². The maximum atomic E-state index is 10.4. The summed E-state index contributed by atoms with van der Waals surface area (Å²) in [5.74, 6) is -0.479. The molecule has 0 atom stereocenters. The van der Waals surface area contributed by atoms with Crippen LogP contribution in [0.1, 0.15) is 17.0 Å². The van der Waals surface area contributed by atoms with Crippen molar-refractivity contribution in [3.05, 3.63) is 41.3 Å². The van der Waals surface area contributed by atoms with Gasteiger partial charge in [0.05, 0.1) is 0 Å². The van der Waals surface area contributed by atoms with Crippen molar-refractivity contribution in [2.45, 2.75) is 13.8 Å². The first kappa shape index (κ1) is 12.0. The van der Waals surface area contributed by atoms with E-state index in [9.17, 15) is 4.79 Å². The highest BCUT2D eigenvalue weighted by atomic mass is 16.4. The SMILES string of the molecule is Cc1cccc(C)c1-c1nnc(/C=C/C(=O)O)o1. The number of carbonyl (C=O) groups is 1. The minimum absolute atomic E-state index is 0.176. The van der Waals surface area contributed by atoms with Crippen molar-refractivity contribution in [1.82, 2.24) is 10.2 Å². The summed E-state index contributed by atoms with van der Waals surface area (Å²) in [4.78, 5) is 10.4. The van der Waals surface area contributed by atoms with Gasteiger partial charge in [0.1, 0.15) is 0 Å². The van der Waals surface area contributed by atoms with Crippen LogP contribution in [0.2, 0.25) is 0 Å². The minimum atomic E-state index is -1.05. The molecule has 0 fully saturated rings. The number of aliphatic carboxylic acids is 1. The van der Waals surface area contributed by atoms with Crippen molar-refractivity contribution >= 4 is 12.0 Å². The lowest BCUT2D eigenvalue weighted by Gasteiger charge is -2.03. The standard InChI is InChI=1S/C13H12N2O3/c1-8-4-3-5-9(2)12(8)13-15-14-10(18-13)6-7-11(16)17/h3-7H,1-2H3,(H,16,17)/b7-6+. The predicted octanol–water partition coefficient (Wildman–Crippen LogP) is 2.45. The Morgan fingerprint density at radius 3 is 2.56 bits per heavy atom. The number of rotatable bonds is 3. The zero-order chi connectivity index (χ0) is 13.1. The van der Waals surface area contributed by atoms with Crippen LogP contribution in [0.3, 0.4) is 0 Å². The van der Waals surface area contributed by atoms with E-state index in [4.69, 9.17) is 9.52 Å². The maximum absolute atomic E-state index is 10.4. The lowest BCUT2D eigenvalue weighted by Crippen LogP contribution is -1.87. The predicted molar refractivity (Wildman–Crippen MR) is 65.9 cm³/mol. The Bertz CT molecular complexity index is 594. The van der Waals surface area contributed by atoms with E-state index in [0.717, 1.165) is 22.8 Å². The summed E-state index contributed by atoms with van der Waals surface area (Å²) in [5.41, 5.74) is 2.96. The van der Waals surface area contributed by atoms with E-state index in [1.165, 1.54) is 6.08 Å². The maximum Gasteiger partial charge on any atom is 0.328 e. The number of carboxylic acid groups (broad SMARTS) is 1. The molecule has 0 aliphatic rings. The third-order valence-electron chi connectivity index (χ3n) is 2.50. The Labute approximate surface area is 104 Å². The quantitative estimate of drug-likeness (QED) is 0.839. The van der Waals surface area contributed by atoms with E-state index in [-0.39, 0.29) is 5.89 Å². The minimum Gasteiger partial charge on any atom is -0.478 e. The van der Waals surface area contributed by atoms with Crippen molar-refractivity contribution in [2.75, 3.05) is 0 Å². The number of hydrogen-bond donors (Lipinski definition) is 1. The first-order valence-electron chi connectivity index (χ1n) is 5.39. The Hall–Kier alpha value is -2.43. The first-order valence-corrected chi connectivity index (χ1v) is 5.39. The molecule has 0 bridgehead atoms. The second-order valence-electron chi connectivity index (χ2n) is 3.88. The summed E-state index contributed by atoms with van der Waals surface area (Å²) in [6, 6.07) is 5.87. The molecule has 92 valence electrons. The molecule has 0 saturated heterocycles. The molecule has 0 aliphatic heterocycles. The highest BCUT2D eigenvalue weighted by Gasteiger charge is 2.11. The summed E-state index contributed by atoms with van der Waals surface area (Å²) < 4.78 is 5.41. The van der Waals surface area contributed by atoms with Gasteiger partial charge >= 0.3 is 5.97 Å². The van der Waals surface area contributed by atoms with Crippen molar-refractivity contribution in [1.29, 1.82) is 0 Å². The van der Waals surface area contributed by atoms with Crippen LogP contribution in [0, 0.1) is 13.8 Å². The smallest absolute Gasteiger partial charge is 0.328 e. The summed E-state index contributed by atoms with van der Waals surface area (Å²) in [6.45, 7) is 3.92. The van der Waals surface area contributed by atoms with Crippen LogP contribution in [0.15, 0.2) is 28.7 Å².